The van der Waals surface area contributed by atoms with Gasteiger partial charge in [-0.15, -0.1) is 0 Å². The van der Waals surface area contributed by atoms with Crippen molar-refractivity contribution in [2.24, 2.45) is 5.92 Å². The second kappa shape index (κ2) is 41.6. The molecule has 0 aromatic rings. The molecule has 0 bridgehead atoms. The molecule has 23 nitrogen and oxygen atoms in total. The van der Waals surface area contributed by atoms with Gasteiger partial charge in [0.05, 0.1) is 38.6 Å². The van der Waals surface area contributed by atoms with Crippen LogP contribution in [-0.4, -0.2) is 159 Å². The Morgan fingerprint density at radius 2 is 1.05 bits per heavy atom. The highest BCUT2D eigenvalue weighted by molar-refractivity contribution is 7.46. The van der Waals surface area contributed by atoms with Crippen molar-refractivity contribution in [2.75, 3.05) is 13.2 Å². The van der Waals surface area contributed by atoms with Crippen molar-refractivity contribution in [1.29, 1.82) is 0 Å². The first kappa shape index (κ1) is 73.8. The number of phosphoric ester groups is 1. The van der Waals surface area contributed by atoms with E-state index in [1.807, 2.05) is 13.8 Å². The molecule has 2 amide bonds. The number of hydrogen-bond acceptors (Lipinski definition) is 19. The number of carbonyl (C=O) groups excluding carboxylic acids is 6. The lowest BCUT2D eigenvalue weighted by Gasteiger charge is -2.46. The van der Waals surface area contributed by atoms with Crippen LogP contribution in [0.5, 0.6) is 0 Å². The molecule has 2 saturated heterocycles. The van der Waals surface area contributed by atoms with Crippen LogP contribution in [0.2, 0.25) is 0 Å². The van der Waals surface area contributed by atoms with E-state index in [-0.39, 0.29) is 38.0 Å². The van der Waals surface area contributed by atoms with Crippen LogP contribution >= 0.6 is 7.82 Å². The molecule has 81 heavy (non-hydrogen) atoms. The zero-order valence-electron chi connectivity index (χ0n) is 49.6. The predicted octanol–water partition coefficient (Wildman–Crippen LogP) is 6.93. The number of aliphatic hydroxyl groups is 4. The number of rotatable bonds is 44. The Kier molecular flexibility index (Phi) is 37.9. The minimum Gasteiger partial charge on any atom is -0.462 e. The zero-order chi connectivity index (χ0) is 60.3. The molecule has 0 radical (unpaired) electrons. The molecule has 0 spiro atoms. The number of unbranched alkanes of at least 4 members (excludes halogenated alkanes) is 16. The Balaban J connectivity index is 2.51. The van der Waals surface area contributed by atoms with Crippen molar-refractivity contribution < 1.29 is 101 Å². The van der Waals surface area contributed by atoms with Crippen LogP contribution in [0, 0.1) is 5.92 Å². The molecule has 0 saturated carbocycles. The SMILES string of the molecule is CCCCCCCCCCC[C@@H](O)CC(=O)O[C@@H]1C(NC(=O)C[C@H](C)CC)[C@H](O)OC(CO[C@@H]2OC(CO)[C@@H](OP(=O)(O)O)[C@H](OC(=O)C[C@@H](CCCCCCCCCCC)OC(=O)CC)C2NC(=O)C[C@@H](CC)OC(=O)CC)[C@H]1O. The summed E-state index contributed by atoms with van der Waals surface area (Å²) < 4.78 is 58.4. The standard InChI is InChI=1S/C57H103N2O21P/c1-8-14-16-18-20-22-24-26-28-30-39(61)33-48(66)78-54-50(58-44(62)32-38(7)10-3)56(69)76-43(52(54)68)37-73-57-51(59-45(63)34-40(11-4)74-46(64)12-5)55(53(42(36-60)77-57)80-81(70,71)72)79-49(67)35-41(75-47(65)13-6)31-29-27-25-23-21-19-17-15-9-2/h38-43,50-57,60-61,68-69H,8-37H2,1-7H3,(H,58,62)(H,59,63)(H2,70,71,72)/t38-,39-,40-,41-,42?,43?,50?,51?,52-,53-,54-,55-,56-,57-/m1/s1. The molecule has 2 aliphatic rings. The predicted molar refractivity (Wildman–Crippen MR) is 297 cm³/mol. The lowest BCUT2D eigenvalue weighted by Crippen LogP contribution is -2.68. The van der Waals surface area contributed by atoms with Gasteiger partial charge in [0.2, 0.25) is 11.8 Å². The number of phosphoric acid groups is 1. The largest absolute Gasteiger partial charge is 0.470 e. The van der Waals surface area contributed by atoms with Gasteiger partial charge in [-0.3, -0.25) is 33.3 Å². The van der Waals surface area contributed by atoms with Gasteiger partial charge in [-0.25, -0.2) is 4.57 Å². The fourth-order valence-corrected chi connectivity index (χ4v) is 10.3. The maximum Gasteiger partial charge on any atom is 0.470 e. The molecule has 2 fully saturated rings. The lowest BCUT2D eigenvalue weighted by atomic mass is 9.95. The quantitative estimate of drug-likeness (QED) is 0.0133. The number of hydrogen-bond donors (Lipinski definition) is 8. The monoisotopic (exact) mass is 1180 g/mol. The summed E-state index contributed by atoms with van der Waals surface area (Å²) in [6, 6.07) is -3.31. The van der Waals surface area contributed by atoms with Crippen LogP contribution in [0.1, 0.15) is 228 Å². The average molecular weight is 1180 g/mol. The Hall–Kier alpha value is -3.35. The van der Waals surface area contributed by atoms with E-state index in [1.165, 1.54) is 38.5 Å². The highest BCUT2D eigenvalue weighted by atomic mass is 31.2. The first-order valence-corrected chi connectivity index (χ1v) is 31.8. The van der Waals surface area contributed by atoms with Crippen LogP contribution in [0.15, 0.2) is 0 Å². The molecule has 4 unspecified atom stereocenters. The molecule has 0 aromatic carbocycles. The van der Waals surface area contributed by atoms with E-state index in [9.17, 15) is 63.5 Å². The Bertz CT molecular complexity index is 1840. The van der Waals surface area contributed by atoms with Gasteiger partial charge in [-0.1, -0.05) is 164 Å². The van der Waals surface area contributed by atoms with Crippen LogP contribution in [0.25, 0.3) is 0 Å². The van der Waals surface area contributed by atoms with E-state index in [0.29, 0.717) is 25.7 Å². The van der Waals surface area contributed by atoms with Crippen molar-refractivity contribution in [3.8, 4) is 0 Å². The maximum atomic E-state index is 14.1. The first-order valence-electron chi connectivity index (χ1n) is 30.3. The summed E-state index contributed by atoms with van der Waals surface area (Å²) in [5.41, 5.74) is 0. The van der Waals surface area contributed by atoms with Crippen LogP contribution < -0.4 is 10.6 Å². The maximum absolute atomic E-state index is 14.1. The molecule has 24 heteroatoms. The number of esters is 4. The van der Waals surface area contributed by atoms with Crippen molar-refractivity contribution in [3.05, 3.63) is 0 Å². The Morgan fingerprint density at radius 1 is 0.556 bits per heavy atom. The average Bonchev–Trinajstić information content (AvgIpc) is 3.57. The van der Waals surface area contributed by atoms with Gasteiger partial charge in [0.15, 0.2) is 24.8 Å². The normalized spacial score (nSPS) is 24.5. The van der Waals surface area contributed by atoms with E-state index in [2.05, 4.69) is 24.5 Å². The molecule has 2 rings (SSSR count). The fourth-order valence-electron chi connectivity index (χ4n) is 9.75. The second-order valence-electron chi connectivity index (χ2n) is 21.8. The third-order valence-electron chi connectivity index (χ3n) is 14.7. The lowest BCUT2D eigenvalue weighted by molar-refractivity contribution is -0.298. The summed E-state index contributed by atoms with van der Waals surface area (Å²) in [5, 5.41) is 50.1. The van der Waals surface area contributed by atoms with Gasteiger partial charge < -0.3 is 74.0 Å². The van der Waals surface area contributed by atoms with Crippen LogP contribution in [-0.2, 0) is 71.0 Å². The highest BCUT2D eigenvalue weighted by Crippen LogP contribution is 2.42. The first-order chi connectivity index (χ1) is 38.6. The number of nitrogens with one attached hydrogen (secondary N) is 2. The second-order valence-corrected chi connectivity index (χ2v) is 23.0. The van der Waals surface area contributed by atoms with Gasteiger partial charge in [0, 0.05) is 19.3 Å². The van der Waals surface area contributed by atoms with Gasteiger partial charge in [-0.05, 0) is 31.6 Å². The third-order valence-corrected chi connectivity index (χ3v) is 15.3. The minimum atomic E-state index is -5.53. The van der Waals surface area contributed by atoms with E-state index < -0.39 is 156 Å². The topological polar surface area (TPSA) is 339 Å². The van der Waals surface area contributed by atoms with Gasteiger partial charge in [0.25, 0.3) is 0 Å². The molecule has 8 N–H and O–H groups in total. The molecule has 2 heterocycles. The van der Waals surface area contributed by atoms with E-state index >= 15 is 0 Å². The van der Waals surface area contributed by atoms with E-state index in [0.717, 1.165) is 64.2 Å². The molecule has 0 aliphatic carbocycles. The minimum absolute atomic E-state index is 0.00344. The number of amides is 2. The summed E-state index contributed by atoms with van der Waals surface area (Å²) in [5.74, 6) is -4.71. The fraction of sp³-hybridized carbons (Fsp3) is 0.895. The third kappa shape index (κ3) is 30.3. The van der Waals surface area contributed by atoms with Gasteiger partial charge in [0.1, 0.15) is 48.7 Å². The van der Waals surface area contributed by atoms with Gasteiger partial charge in [-0.2, -0.15) is 0 Å². The van der Waals surface area contributed by atoms with Gasteiger partial charge >= 0.3 is 31.7 Å². The molecule has 0 aromatic heterocycles. The van der Waals surface area contributed by atoms with E-state index in [4.69, 9.17) is 37.7 Å². The van der Waals surface area contributed by atoms with Crippen molar-refractivity contribution in [2.45, 2.75) is 308 Å². The number of ether oxygens (including phenoxy) is 7. The molecular weight excluding hydrogens is 1080 g/mol. The summed E-state index contributed by atoms with van der Waals surface area (Å²) in [4.78, 5) is 100. The van der Waals surface area contributed by atoms with Crippen molar-refractivity contribution in [1.82, 2.24) is 10.6 Å². The summed E-state index contributed by atoms with van der Waals surface area (Å²) >= 11 is 0. The van der Waals surface area contributed by atoms with Crippen molar-refractivity contribution >= 4 is 43.5 Å². The number of aliphatic hydroxyl groups excluding tert-OH is 4. The molecular formula is C57H103N2O21P. The molecule has 2 aliphatic heterocycles. The van der Waals surface area contributed by atoms with Crippen LogP contribution in [0.3, 0.4) is 0 Å². The number of carbonyl (C=O) groups is 6. The zero-order valence-corrected chi connectivity index (χ0v) is 50.4. The summed E-state index contributed by atoms with van der Waals surface area (Å²) in [6.45, 7) is 11.0. The summed E-state index contributed by atoms with van der Waals surface area (Å²) in [7, 11) is -5.53. The van der Waals surface area contributed by atoms with Crippen LogP contribution in [0.4, 0.5) is 0 Å². The Morgan fingerprint density at radius 3 is 1.57 bits per heavy atom. The smallest absolute Gasteiger partial charge is 0.462 e. The highest BCUT2D eigenvalue weighted by Gasteiger charge is 2.54. The molecule has 472 valence electrons. The van der Waals surface area contributed by atoms with E-state index in [1.54, 1.807) is 20.8 Å². The Labute approximate surface area is 480 Å². The summed E-state index contributed by atoms with van der Waals surface area (Å²) in [6.07, 6.45) is 0.549. The van der Waals surface area contributed by atoms with Crippen molar-refractivity contribution in [3.63, 3.8) is 0 Å². The molecule has 14 atom stereocenters.